The molecule has 0 aromatic carbocycles. The Bertz CT molecular complexity index is 899. The van der Waals surface area contributed by atoms with Crippen LogP contribution in [0.4, 0.5) is 5.82 Å². The maximum Gasteiger partial charge on any atom is 0.332 e. The number of aryl methyl sites for hydroxylation is 1. The number of nitrogens with zero attached hydrogens (tertiary/aromatic N) is 4. The van der Waals surface area contributed by atoms with Gasteiger partial charge in [0, 0.05) is 20.6 Å². The van der Waals surface area contributed by atoms with E-state index in [4.69, 9.17) is 0 Å². The lowest BCUT2D eigenvalue weighted by Gasteiger charge is -2.15. The quantitative estimate of drug-likeness (QED) is 0.735. The zero-order valence-corrected chi connectivity index (χ0v) is 14.2. The van der Waals surface area contributed by atoms with E-state index in [1.165, 1.54) is 25.6 Å². The van der Waals surface area contributed by atoms with Gasteiger partial charge in [0.05, 0.1) is 11.6 Å². The Labute approximate surface area is 138 Å². The molecule has 2 aromatic rings. The molecule has 1 atom stereocenters. The molecule has 1 unspecified atom stereocenters. The zero-order valence-electron chi connectivity index (χ0n) is 14.2. The van der Waals surface area contributed by atoms with Gasteiger partial charge in [0.1, 0.15) is 0 Å². The number of anilines is 1. The Kier molecular flexibility index (Phi) is 5.01. The predicted molar refractivity (Wildman–Crippen MR) is 89.5 cm³/mol. The van der Waals surface area contributed by atoms with Crippen LogP contribution in [-0.4, -0.2) is 36.7 Å². The molecule has 0 spiro atoms. The summed E-state index contributed by atoms with van der Waals surface area (Å²) in [5.74, 6) is -1.72. The molecule has 0 saturated heterocycles. The van der Waals surface area contributed by atoms with Gasteiger partial charge in [-0.05, 0) is 13.3 Å². The SMILES string of the molecule is CCCCNc1nc2c(nc1C(C)C(=O)O)c(=O)n(C)c(=O)n2C. The van der Waals surface area contributed by atoms with Crippen LogP contribution in [0.15, 0.2) is 9.59 Å². The van der Waals surface area contributed by atoms with Crippen LogP contribution in [0.1, 0.15) is 38.3 Å². The first-order valence-corrected chi connectivity index (χ1v) is 7.73. The van der Waals surface area contributed by atoms with Gasteiger partial charge in [-0.2, -0.15) is 0 Å². The number of hydrogen-bond acceptors (Lipinski definition) is 6. The standard InChI is InChI=1S/C15H21N5O4/c1-5-6-7-16-11-9(8(2)14(22)23)17-10-12(18-11)19(3)15(24)20(4)13(10)21/h8H,5-7H2,1-4H3,(H,16,18)(H,22,23). The first-order valence-electron chi connectivity index (χ1n) is 7.73. The summed E-state index contributed by atoms with van der Waals surface area (Å²) in [6.07, 6.45) is 1.83. The lowest BCUT2D eigenvalue weighted by molar-refractivity contribution is -0.138. The summed E-state index contributed by atoms with van der Waals surface area (Å²) in [5.41, 5.74) is -0.825. The van der Waals surface area contributed by atoms with Crippen LogP contribution in [-0.2, 0) is 18.9 Å². The number of nitrogens with one attached hydrogen (secondary N) is 1. The van der Waals surface area contributed by atoms with Crippen molar-refractivity contribution in [2.45, 2.75) is 32.6 Å². The van der Waals surface area contributed by atoms with Crippen molar-refractivity contribution in [3.05, 3.63) is 26.5 Å². The molecular formula is C15H21N5O4. The summed E-state index contributed by atoms with van der Waals surface area (Å²) >= 11 is 0. The van der Waals surface area contributed by atoms with E-state index in [0.717, 1.165) is 17.4 Å². The average molecular weight is 335 g/mol. The van der Waals surface area contributed by atoms with Crippen molar-refractivity contribution in [1.82, 2.24) is 19.1 Å². The highest BCUT2D eigenvalue weighted by Gasteiger charge is 2.23. The molecule has 2 aromatic heterocycles. The monoisotopic (exact) mass is 335 g/mol. The minimum absolute atomic E-state index is 0.0243. The van der Waals surface area contributed by atoms with Gasteiger partial charge in [-0.15, -0.1) is 0 Å². The lowest BCUT2D eigenvalue weighted by atomic mass is 10.1. The van der Waals surface area contributed by atoms with E-state index in [1.807, 2.05) is 6.92 Å². The Morgan fingerprint density at radius 2 is 1.92 bits per heavy atom. The van der Waals surface area contributed by atoms with E-state index in [9.17, 15) is 19.5 Å². The molecule has 2 heterocycles. The highest BCUT2D eigenvalue weighted by molar-refractivity contribution is 5.79. The Morgan fingerprint density at radius 3 is 2.50 bits per heavy atom. The van der Waals surface area contributed by atoms with Crippen LogP contribution in [0.3, 0.4) is 0 Å². The largest absolute Gasteiger partial charge is 0.481 e. The fourth-order valence-corrected chi connectivity index (χ4v) is 2.31. The molecule has 0 aliphatic heterocycles. The van der Waals surface area contributed by atoms with E-state index < -0.39 is 23.1 Å². The number of aliphatic carboxylic acids is 1. The van der Waals surface area contributed by atoms with Crippen molar-refractivity contribution in [3.8, 4) is 0 Å². The molecule has 0 aliphatic carbocycles. The van der Waals surface area contributed by atoms with Gasteiger partial charge in [-0.3, -0.25) is 18.7 Å². The molecule has 2 rings (SSSR count). The molecule has 2 N–H and O–H groups in total. The van der Waals surface area contributed by atoms with Crippen molar-refractivity contribution in [2.75, 3.05) is 11.9 Å². The third-order valence-electron chi connectivity index (χ3n) is 3.91. The lowest BCUT2D eigenvalue weighted by Crippen LogP contribution is -2.38. The Morgan fingerprint density at radius 1 is 1.25 bits per heavy atom. The van der Waals surface area contributed by atoms with Crippen molar-refractivity contribution in [2.24, 2.45) is 14.1 Å². The number of carboxylic acid groups (broad SMARTS) is 1. The first kappa shape index (κ1) is 17.6. The van der Waals surface area contributed by atoms with Crippen LogP contribution >= 0.6 is 0 Å². The molecule has 9 heteroatoms. The summed E-state index contributed by atoms with van der Waals surface area (Å²) < 4.78 is 2.15. The highest BCUT2D eigenvalue weighted by atomic mass is 16.4. The fourth-order valence-electron chi connectivity index (χ4n) is 2.31. The second-order valence-corrected chi connectivity index (χ2v) is 5.68. The number of fused-ring (bicyclic) bond motifs is 1. The Balaban J connectivity index is 2.77. The van der Waals surface area contributed by atoms with Crippen molar-refractivity contribution in [3.63, 3.8) is 0 Å². The molecular weight excluding hydrogens is 314 g/mol. The third kappa shape index (κ3) is 3.01. The van der Waals surface area contributed by atoms with Crippen molar-refractivity contribution >= 4 is 23.0 Å². The second kappa shape index (κ2) is 6.81. The van der Waals surface area contributed by atoms with Crippen molar-refractivity contribution in [1.29, 1.82) is 0 Å². The fraction of sp³-hybridized carbons (Fsp3) is 0.533. The number of aromatic nitrogens is 4. The topological polar surface area (TPSA) is 119 Å². The second-order valence-electron chi connectivity index (χ2n) is 5.68. The van der Waals surface area contributed by atoms with Gasteiger partial charge in [0.15, 0.2) is 17.0 Å². The van der Waals surface area contributed by atoms with Crippen LogP contribution in [0, 0.1) is 0 Å². The van der Waals surface area contributed by atoms with E-state index in [2.05, 4.69) is 15.3 Å². The molecule has 0 saturated carbocycles. The van der Waals surface area contributed by atoms with Crippen LogP contribution in [0.5, 0.6) is 0 Å². The van der Waals surface area contributed by atoms with Crippen molar-refractivity contribution < 1.29 is 9.90 Å². The zero-order chi connectivity index (χ0) is 18.0. The highest BCUT2D eigenvalue weighted by Crippen LogP contribution is 2.22. The maximum atomic E-state index is 12.3. The van der Waals surface area contributed by atoms with E-state index in [1.54, 1.807) is 0 Å². The number of carboxylic acids is 1. The molecule has 24 heavy (non-hydrogen) atoms. The molecule has 0 bridgehead atoms. The summed E-state index contributed by atoms with van der Waals surface area (Å²) in [6.45, 7) is 4.10. The smallest absolute Gasteiger partial charge is 0.332 e. The number of carbonyl (C=O) groups is 1. The summed E-state index contributed by atoms with van der Waals surface area (Å²) in [5, 5.41) is 12.4. The molecule has 0 radical (unpaired) electrons. The van der Waals surface area contributed by atoms with Crippen LogP contribution < -0.4 is 16.6 Å². The van der Waals surface area contributed by atoms with Crippen LogP contribution in [0.2, 0.25) is 0 Å². The molecule has 130 valence electrons. The average Bonchev–Trinajstić information content (AvgIpc) is 2.57. The van der Waals surface area contributed by atoms with E-state index in [-0.39, 0.29) is 22.7 Å². The van der Waals surface area contributed by atoms with Gasteiger partial charge >= 0.3 is 11.7 Å². The number of hydrogen-bond donors (Lipinski definition) is 2. The van der Waals surface area contributed by atoms with Gasteiger partial charge in [-0.1, -0.05) is 13.3 Å². The number of rotatable bonds is 6. The summed E-state index contributed by atoms with van der Waals surface area (Å²) in [7, 11) is 2.84. The summed E-state index contributed by atoms with van der Waals surface area (Å²) in [4.78, 5) is 44.3. The normalized spacial score (nSPS) is 12.3. The molecule has 9 nitrogen and oxygen atoms in total. The molecule has 0 fully saturated rings. The minimum Gasteiger partial charge on any atom is -0.481 e. The van der Waals surface area contributed by atoms with E-state index in [0.29, 0.717) is 6.54 Å². The van der Waals surface area contributed by atoms with Crippen LogP contribution in [0.25, 0.3) is 11.2 Å². The third-order valence-corrected chi connectivity index (χ3v) is 3.91. The molecule has 0 aliphatic rings. The minimum atomic E-state index is -1.07. The molecule has 0 amide bonds. The van der Waals surface area contributed by atoms with Gasteiger partial charge < -0.3 is 10.4 Å². The number of unbranched alkanes of at least 4 members (excludes halogenated alkanes) is 1. The first-order chi connectivity index (χ1) is 11.3. The summed E-state index contributed by atoms with van der Waals surface area (Å²) in [6, 6.07) is 0. The Hall–Kier alpha value is -2.71. The van der Waals surface area contributed by atoms with Gasteiger partial charge in [0.25, 0.3) is 5.56 Å². The maximum absolute atomic E-state index is 12.3. The van der Waals surface area contributed by atoms with Gasteiger partial charge in [-0.25, -0.2) is 14.8 Å². The van der Waals surface area contributed by atoms with Gasteiger partial charge in [0.2, 0.25) is 0 Å². The van der Waals surface area contributed by atoms with E-state index >= 15 is 0 Å². The predicted octanol–water partition coefficient (Wildman–Crippen LogP) is 0.427.